The molecule has 24 heavy (non-hydrogen) atoms. The van der Waals surface area contributed by atoms with Crippen molar-refractivity contribution in [3.63, 3.8) is 0 Å². The highest BCUT2D eigenvalue weighted by molar-refractivity contribution is 5.59. The van der Waals surface area contributed by atoms with E-state index in [4.69, 9.17) is 9.97 Å². The lowest BCUT2D eigenvalue weighted by Crippen LogP contribution is -2.11. The highest BCUT2D eigenvalue weighted by Gasteiger charge is 2.19. The number of fused-ring (bicyclic) bond motifs is 1. The summed E-state index contributed by atoms with van der Waals surface area (Å²) in [6.07, 6.45) is 11.1. The third kappa shape index (κ3) is 3.10. The summed E-state index contributed by atoms with van der Waals surface area (Å²) in [6, 6.07) is 3.91. The van der Waals surface area contributed by atoms with E-state index in [0.29, 0.717) is 0 Å². The van der Waals surface area contributed by atoms with Gasteiger partial charge < -0.3 is 5.32 Å². The van der Waals surface area contributed by atoms with Gasteiger partial charge in [-0.15, -0.1) is 0 Å². The highest BCUT2D eigenvalue weighted by Crippen LogP contribution is 2.28. The fourth-order valence-electron chi connectivity index (χ4n) is 3.00. The average molecular weight is 321 g/mol. The molecule has 3 heterocycles. The van der Waals surface area contributed by atoms with Gasteiger partial charge in [0.15, 0.2) is 5.82 Å². The molecule has 0 amide bonds. The van der Waals surface area contributed by atoms with Gasteiger partial charge in [-0.05, 0) is 37.8 Å². The van der Waals surface area contributed by atoms with E-state index in [1.165, 1.54) is 11.3 Å². The van der Waals surface area contributed by atoms with Crippen molar-refractivity contribution in [2.45, 2.75) is 32.2 Å². The normalized spacial score (nSPS) is 13.0. The van der Waals surface area contributed by atoms with Crippen molar-refractivity contribution in [1.82, 2.24) is 29.7 Å². The summed E-state index contributed by atoms with van der Waals surface area (Å²) in [4.78, 5) is 17.6. The van der Waals surface area contributed by atoms with Crippen LogP contribution in [0.5, 0.6) is 0 Å². The molecule has 1 N–H and O–H groups in total. The maximum atomic E-state index is 4.75. The molecular formula is C17H19N7. The summed E-state index contributed by atoms with van der Waals surface area (Å²) < 4.78 is 1.84. The Hall–Kier alpha value is -2.83. The van der Waals surface area contributed by atoms with Gasteiger partial charge in [-0.1, -0.05) is 0 Å². The standard InChI is InChI=1S/C17H19N7/c1-5-14-15(6-1)22-16(13-4-2-7-18-10-13)23-17(14)20-8-3-9-24-12-19-11-21-24/h2,4,7,10-12H,1,3,5-6,8-9H2,(H,20,22,23). The first-order chi connectivity index (χ1) is 11.9. The number of nitrogens with one attached hydrogen (secondary N) is 1. The highest BCUT2D eigenvalue weighted by atomic mass is 15.3. The number of pyridine rings is 1. The van der Waals surface area contributed by atoms with Gasteiger partial charge in [-0.25, -0.2) is 15.0 Å². The third-order valence-electron chi connectivity index (χ3n) is 4.18. The quantitative estimate of drug-likeness (QED) is 0.700. The van der Waals surface area contributed by atoms with Crippen LogP contribution in [0.25, 0.3) is 11.4 Å². The van der Waals surface area contributed by atoms with Crippen molar-refractivity contribution in [2.24, 2.45) is 0 Å². The Morgan fingerprint density at radius 1 is 1.17 bits per heavy atom. The fourth-order valence-corrected chi connectivity index (χ4v) is 3.00. The molecule has 0 aromatic carbocycles. The minimum Gasteiger partial charge on any atom is -0.370 e. The molecule has 4 rings (SSSR count). The second-order valence-electron chi connectivity index (χ2n) is 5.86. The van der Waals surface area contributed by atoms with Crippen LogP contribution in [0.1, 0.15) is 24.1 Å². The lowest BCUT2D eigenvalue weighted by Gasteiger charge is -2.12. The van der Waals surface area contributed by atoms with E-state index in [-0.39, 0.29) is 0 Å². The molecule has 0 fully saturated rings. The van der Waals surface area contributed by atoms with E-state index in [1.807, 2.05) is 23.0 Å². The van der Waals surface area contributed by atoms with Crippen molar-refractivity contribution in [2.75, 3.05) is 11.9 Å². The first kappa shape index (κ1) is 14.7. The number of anilines is 1. The van der Waals surface area contributed by atoms with Crippen LogP contribution in [0.3, 0.4) is 0 Å². The van der Waals surface area contributed by atoms with Crippen molar-refractivity contribution in [3.8, 4) is 11.4 Å². The van der Waals surface area contributed by atoms with Crippen LogP contribution in [0.15, 0.2) is 37.2 Å². The predicted octanol–water partition coefficient (Wildman–Crippen LogP) is 2.12. The maximum Gasteiger partial charge on any atom is 0.163 e. The van der Waals surface area contributed by atoms with Crippen LogP contribution in [0.2, 0.25) is 0 Å². The van der Waals surface area contributed by atoms with E-state index in [0.717, 1.165) is 56.0 Å². The molecule has 122 valence electrons. The number of aromatic nitrogens is 6. The summed E-state index contributed by atoms with van der Waals surface area (Å²) >= 11 is 0. The van der Waals surface area contributed by atoms with Crippen LogP contribution in [-0.2, 0) is 19.4 Å². The number of rotatable bonds is 6. The molecule has 0 saturated carbocycles. The van der Waals surface area contributed by atoms with E-state index in [1.54, 1.807) is 18.9 Å². The van der Waals surface area contributed by atoms with Gasteiger partial charge in [-0.2, -0.15) is 5.10 Å². The zero-order valence-electron chi connectivity index (χ0n) is 13.4. The summed E-state index contributed by atoms with van der Waals surface area (Å²) in [5, 5.41) is 7.60. The zero-order chi connectivity index (χ0) is 16.2. The monoisotopic (exact) mass is 321 g/mol. The van der Waals surface area contributed by atoms with Crippen molar-refractivity contribution in [1.29, 1.82) is 0 Å². The molecule has 0 saturated heterocycles. The van der Waals surface area contributed by atoms with E-state index in [9.17, 15) is 0 Å². The second-order valence-corrected chi connectivity index (χ2v) is 5.86. The molecule has 3 aromatic heterocycles. The Morgan fingerprint density at radius 3 is 3.00 bits per heavy atom. The predicted molar refractivity (Wildman–Crippen MR) is 90.4 cm³/mol. The SMILES string of the molecule is c1cncc(-c2nc3c(c(NCCCn4cncn4)n2)CCC3)c1. The molecular weight excluding hydrogens is 302 g/mol. The van der Waals surface area contributed by atoms with Gasteiger partial charge in [0.25, 0.3) is 0 Å². The van der Waals surface area contributed by atoms with Crippen molar-refractivity contribution in [3.05, 3.63) is 48.4 Å². The van der Waals surface area contributed by atoms with Gasteiger partial charge in [0.2, 0.25) is 0 Å². The minimum atomic E-state index is 0.752. The number of aryl methyl sites for hydroxylation is 2. The van der Waals surface area contributed by atoms with Gasteiger partial charge in [0.1, 0.15) is 18.5 Å². The Balaban J connectivity index is 1.50. The van der Waals surface area contributed by atoms with E-state index >= 15 is 0 Å². The lowest BCUT2D eigenvalue weighted by atomic mass is 10.2. The second kappa shape index (κ2) is 6.74. The smallest absolute Gasteiger partial charge is 0.163 e. The van der Waals surface area contributed by atoms with E-state index in [2.05, 4.69) is 20.4 Å². The summed E-state index contributed by atoms with van der Waals surface area (Å²) in [5.41, 5.74) is 3.39. The largest absolute Gasteiger partial charge is 0.370 e. The van der Waals surface area contributed by atoms with Crippen LogP contribution < -0.4 is 5.32 Å². The van der Waals surface area contributed by atoms with Crippen molar-refractivity contribution < 1.29 is 0 Å². The average Bonchev–Trinajstić information content (AvgIpc) is 3.30. The third-order valence-corrected chi connectivity index (χ3v) is 4.18. The summed E-state index contributed by atoms with van der Waals surface area (Å²) in [6.45, 7) is 1.69. The number of nitrogens with zero attached hydrogens (tertiary/aromatic N) is 6. The Bertz CT molecular complexity index is 799. The molecule has 0 bridgehead atoms. The Kier molecular flexibility index (Phi) is 4.14. The topological polar surface area (TPSA) is 81.4 Å². The molecule has 0 atom stereocenters. The van der Waals surface area contributed by atoms with Crippen LogP contribution in [-0.4, -0.2) is 36.3 Å². The minimum absolute atomic E-state index is 0.752. The van der Waals surface area contributed by atoms with Crippen LogP contribution >= 0.6 is 0 Å². The van der Waals surface area contributed by atoms with Crippen LogP contribution in [0, 0.1) is 0 Å². The summed E-state index contributed by atoms with van der Waals surface area (Å²) in [5.74, 6) is 1.72. The molecule has 0 radical (unpaired) electrons. The maximum absolute atomic E-state index is 4.75. The molecule has 1 aliphatic rings. The molecule has 7 heteroatoms. The van der Waals surface area contributed by atoms with Gasteiger partial charge in [-0.3, -0.25) is 9.67 Å². The Labute approximate surface area is 140 Å². The first-order valence-corrected chi connectivity index (χ1v) is 8.26. The van der Waals surface area contributed by atoms with Gasteiger partial charge in [0, 0.05) is 42.3 Å². The van der Waals surface area contributed by atoms with Crippen molar-refractivity contribution >= 4 is 5.82 Å². The van der Waals surface area contributed by atoms with E-state index < -0.39 is 0 Å². The lowest BCUT2D eigenvalue weighted by molar-refractivity contribution is 0.589. The Morgan fingerprint density at radius 2 is 2.17 bits per heavy atom. The molecule has 3 aromatic rings. The number of hydrogen-bond donors (Lipinski definition) is 1. The molecule has 0 aliphatic heterocycles. The summed E-state index contributed by atoms with van der Waals surface area (Å²) in [7, 11) is 0. The first-order valence-electron chi connectivity index (χ1n) is 8.26. The van der Waals surface area contributed by atoms with Crippen LogP contribution in [0.4, 0.5) is 5.82 Å². The molecule has 7 nitrogen and oxygen atoms in total. The molecule has 0 unspecified atom stereocenters. The number of hydrogen-bond acceptors (Lipinski definition) is 6. The van der Waals surface area contributed by atoms with Gasteiger partial charge >= 0.3 is 0 Å². The zero-order valence-corrected chi connectivity index (χ0v) is 13.4. The molecule has 1 aliphatic carbocycles. The fraction of sp³-hybridized carbons (Fsp3) is 0.353. The van der Waals surface area contributed by atoms with Gasteiger partial charge in [0.05, 0.1) is 0 Å². The molecule has 0 spiro atoms.